The quantitative estimate of drug-likeness (QED) is 0.504. The third kappa shape index (κ3) is 6.59. The maximum Gasteiger partial charge on any atom is 0.173 e. The first-order chi connectivity index (χ1) is 12.2. The van der Waals surface area contributed by atoms with E-state index < -0.39 is 10.1 Å². The molecule has 136 valence electrons. The average molecular weight is 390 g/mol. The Bertz CT molecular complexity index is 892. The van der Waals surface area contributed by atoms with E-state index in [0.29, 0.717) is 0 Å². The largest absolute Gasteiger partial charge is 0.744 e. The lowest BCUT2D eigenvalue weighted by molar-refractivity contribution is -0.688. The van der Waals surface area contributed by atoms with Gasteiger partial charge in [0.25, 0.3) is 0 Å². The smallest absolute Gasteiger partial charge is 0.173 e. The minimum atomic E-state index is -4.27. The molecule has 0 aliphatic heterocycles. The Labute approximate surface area is 159 Å². The molecule has 2 aromatic carbocycles. The zero-order valence-electron chi connectivity index (χ0n) is 14.6. The van der Waals surface area contributed by atoms with Gasteiger partial charge in [-0.2, -0.15) is 0 Å². The number of hydrogen-bond acceptors (Lipinski definition) is 3. The Hall–Kier alpha value is -2.21. The summed E-state index contributed by atoms with van der Waals surface area (Å²) in [6.07, 6.45) is 3.98. The third-order valence-electron chi connectivity index (χ3n) is 3.65. The SMILES string of the molecule is Cc1ccc(C[n+]2ccc(Cl)cc2)cc1.Cc1ccc(S(=O)(=O)[O-])cc1. The molecule has 0 fully saturated rings. The summed E-state index contributed by atoms with van der Waals surface area (Å²) in [5.41, 5.74) is 3.52. The van der Waals surface area contributed by atoms with Crippen molar-refractivity contribution in [3.05, 3.63) is 94.8 Å². The molecule has 26 heavy (non-hydrogen) atoms. The maximum atomic E-state index is 10.4. The van der Waals surface area contributed by atoms with Crippen molar-refractivity contribution >= 4 is 21.7 Å². The Balaban J connectivity index is 0.000000197. The van der Waals surface area contributed by atoms with Gasteiger partial charge in [0.15, 0.2) is 18.9 Å². The van der Waals surface area contributed by atoms with Gasteiger partial charge in [-0.25, -0.2) is 13.0 Å². The summed E-state index contributed by atoms with van der Waals surface area (Å²) in [6, 6.07) is 18.1. The molecular formula is C20H20ClNO3S. The maximum absolute atomic E-state index is 10.4. The van der Waals surface area contributed by atoms with Gasteiger partial charge in [0.1, 0.15) is 10.1 Å². The van der Waals surface area contributed by atoms with Gasteiger partial charge in [0.2, 0.25) is 0 Å². The summed E-state index contributed by atoms with van der Waals surface area (Å²) in [7, 11) is -4.27. The number of nitrogens with zero attached hydrogens (tertiary/aromatic N) is 1. The van der Waals surface area contributed by atoms with Crippen molar-refractivity contribution in [1.82, 2.24) is 0 Å². The van der Waals surface area contributed by atoms with E-state index >= 15 is 0 Å². The van der Waals surface area contributed by atoms with Crippen LogP contribution in [-0.4, -0.2) is 13.0 Å². The van der Waals surface area contributed by atoms with Gasteiger partial charge in [-0.15, -0.1) is 0 Å². The molecule has 0 unspecified atom stereocenters. The van der Waals surface area contributed by atoms with Crippen molar-refractivity contribution in [3.63, 3.8) is 0 Å². The molecule has 0 saturated carbocycles. The molecule has 0 aliphatic rings. The average Bonchev–Trinajstić information content (AvgIpc) is 2.59. The fourth-order valence-electron chi connectivity index (χ4n) is 2.15. The van der Waals surface area contributed by atoms with E-state index in [2.05, 4.69) is 35.8 Å². The number of aryl methyl sites for hydroxylation is 2. The molecule has 1 heterocycles. The van der Waals surface area contributed by atoms with E-state index in [1.54, 1.807) is 12.1 Å². The summed E-state index contributed by atoms with van der Waals surface area (Å²) in [6.45, 7) is 4.80. The van der Waals surface area contributed by atoms with Gasteiger partial charge < -0.3 is 4.55 Å². The topological polar surface area (TPSA) is 61.1 Å². The van der Waals surface area contributed by atoms with Gasteiger partial charge in [0, 0.05) is 17.7 Å². The van der Waals surface area contributed by atoms with E-state index in [4.69, 9.17) is 11.6 Å². The summed E-state index contributed by atoms with van der Waals surface area (Å²) in [5.74, 6) is 0. The Morgan fingerprint density at radius 1 is 0.846 bits per heavy atom. The monoisotopic (exact) mass is 389 g/mol. The molecule has 6 heteroatoms. The van der Waals surface area contributed by atoms with E-state index in [-0.39, 0.29) is 4.90 Å². The minimum absolute atomic E-state index is 0.178. The van der Waals surface area contributed by atoms with Crippen LogP contribution in [0.15, 0.2) is 78.0 Å². The van der Waals surface area contributed by atoms with Crippen LogP contribution in [0.5, 0.6) is 0 Å². The van der Waals surface area contributed by atoms with Crippen LogP contribution < -0.4 is 4.57 Å². The Morgan fingerprint density at radius 2 is 1.31 bits per heavy atom. The highest BCUT2D eigenvalue weighted by Gasteiger charge is 2.01. The van der Waals surface area contributed by atoms with E-state index in [1.165, 1.54) is 23.3 Å². The second kappa shape index (κ2) is 8.94. The highest BCUT2D eigenvalue weighted by molar-refractivity contribution is 7.85. The van der Waals surface area contributed by atoms with Crippen LogP contribution in [0.4, 0.5) is 0 Å². The number of rotatable bonds is 3. The predicted octanol–water partition coefficient (Wildman–Crippen LogP) is 3.88. The summed E-state index contributed by atoms with van der Waals surface area (Å²) in [4.78, 5) is -0.178. The minimum Gasteiger partial charge on any atom is -0.744 e. The van der Waals surface area contributed by atoms with Gasteiger partial charge in [-0.05, 0) is 26.0 Å². The van der Waals surface area contributed by atoms with Gasteiger partial charge in [-0.1, -0.05) is 59.1 Å². The highest BCUT2D eigenvalue weighted by atomic mass is 35.5. The van der Waals surface area contributed by atoms with Crippen LogP contribution in [0, 0.1) is 13.8 Å². The normalized spacial score (nSPS) is 10.8. The van der Waals surface area contributed by atoms with Crippen LogP contribution in [0.2, 0.25) is 5.02 Å². The molecule has 3 aromatic rings. The van der Waals surface area contributed by atoms with Crippen molar-refractivity contribution in [2.24, 2.45) is 0 Å². The van der Waals surface area contributed by atoms with Crippen LogP contribution in [0.1, 0.15) is 16.7 Å². The lowest BCUT2D eigenvalue weighted by Crippen LogP contribution is -2.32. The summed E-state index contributed by atoms with van der Waals surface area (Å²) >= 11 is 5.82. The molecule has 3 rings (SSSR count). The molecule has 0 amide bonds. The molecule has 1 aromatic heterocycles. The molecule has 0 atom stereocenters. The fourth-order valence-corrected chi connectivity index (χ4v) is 2.74. The summed E-state index contributed by atoms with van der Waals surface area (Å²) < 4.78 is 33.3. The number of pyridine rings is 1. The van der Waals surface area contributed by atoms with Crippen LogP contribution in [0.25, 0.3) is 0 Å². The van der Waals surface area contributed by atoms with Crippen molar-refractivity contribution in [3.8, 4) is 0 Å². The molecule has 0 radical (unpaired) electrons. The fraction of sp³-hybridized carbons (Fsp3) is 0.150. The second-order valence-electron chi connectivity index (χ2n) is 5.94. The molecule has 0 aliphatic carbocycles. The zero-order valence-corrected chi connectivity index (χ0v) is 16.2. The predicted molar refractivity (Wildman–Crippen MR) is 101 cm³/mol. The first-order valence-corrected chi connectivity index (χ1v) is 9.75. The van der Waals surface area contributed by atoms with Crippen molar-refractivity contribution in [2.75, 3.05) is 0 Å². The van der Waals surface area contributed by atoms with Gasteiger partial charge in [0.05, 0.1) is 9.92 Å². The van der Waals surface area contributed by atoms with Crippen LogP contribution >= 0.6 is 11.6 Å². The second-order valence-corrected chi connectivity index (χ2v) is 7.76. The number of benzene rings is 2. The first-order valence-electron chi connectivity index (χ1n) is 7.97. The third-order valence-corrected chi connectivity index (χ3v) is 4.75. The van der Waals surface area contributed by atoms with Crippen LogP contribution in [0.3, 0.4) is 0 Å². The zero-order chi connectivity index (χ0) is 19.2. The van der Waals surface area contributed by atoms with E-state index in [0.717, 1.165) is 17.1 Å². The number of hydrogen-bond donors (Lipinski definition) is 0. The molecule has 0 spiro atoms. The lowest BCUT2D eigenvalue weighted by Gasteiger charge is -2.05. The number of halogens is 1. The standard InChI is InChI=1S/C13H13ClN.C7H8O3S/c1-11-2-4-12(5-3-11)10-15-8-6-13(14)7-9-15;1-6-2-4-7(5-3-6)11(8,9)10/h2-9H,10H2,1H3;2-5H,1H3,(H,8,9,10)/q+1;/p-1. The van der Waals surface area contributed by atoms with Crippen molar-refractivity contribution in [2.45, 2.75) is 25.3 Å². The first kappa shape index (κ1) is 20.1. The van der Waals surface area contributed by atoms with Gasteiger partial charge >= 0.3 is 0 Å². The van der Waals surface area contributed by atoms with Gasteiger partial charge in [-0.3, -0.25) is 0 Å². The molecule has 0 saturated heterocycles. The number of aromatic nitrogens is 1. The van der Waals surface area contributed by atoms with Crippen molar-refractivity contribution < 1.29 is 17.5 Å². The summed E-state index contributed by atoms with van der Waals surface area (Å²) in [5, 5.41) is 0.773. The van der Waals surface area contributed by atoms with E-state index in [9.17, 15) is 13.0 Å². The Kier molecular flexibility index (Phi) is 6.91. The van der Waals surface area contributed by atoms with Crippen LogP contribution in [-0.2, 0) is 16.7 Å². The molecule has 0 bridgehead atoms. The molecular weight excluding hydrogens is 370 g/mol. The highest BCUT2D eigenvalue weighted by Crippen LogP contribution is 2.08. The van der Waals surface area contributed by atoms with E-state index in [1.807, 2.05) is 31.5 Å². The molecule has 4 nitrogen and oxygen atoms in total. The van der Waals surface area contributed by atoms with Crippen molar-refractivity contribution in [1.29, 1.82) is 0 Å². The Morgan fingerprint density at radius 3 is 1.77 bits per heavy atom. The lowest BCUT2D eigenvalue weighted by atomic mass is 10.1. The molecule has 0 N–H and O–H groups in total.